The number of hydrogen-bond acceptors (Lipinski definition) is 2. The van der Waals surface area contributed by atoms with Gasteiger partial charge in [-0.25, -0.2) is 0 Å². The van der Waals surface area contributed by atoms with Crippen molar-refractivity contribution in [1.82, 2.24) is 5.32 Å². The lowest BCUT2D eigenvalue weighted by Gasteiger charge is -2.11. The molecule has 3 nitrogen and oxygen atoms in total. The number of benzene rings is 1. The van der Waals surface area contributed by atoms with Crippen LogP contribution in [0.4, 0.5) is 0 Å². The molecule has 0 unspecified atom stereocenters. The number of halogens is 1. The zero-order valence-corrected chi connectivity index (χ0v) is 11.2. The van der Waals surface area contributed by atoms with Gasteiger partial charge < -0.3 is 11.1 Å². The molecule has 0 spiro atoms. The molecule has 0 aliphatic rings. The van der Waals surface area contributed by atoms with E-state index in [1.165, 1.54) is 11.1 Å². The van der Waals surface area contributed by atoms with E-state index in [1.807, 2.05) is 6.92 Å². The summed E-state index contributed by atoms with van der Waals surface area (Å²) in [6.45, 7) is 4.44. The van der Waals surface area contributed by atoms with Gasteiger partial charge in [0.15, 0.2) is 0 Å². The van der Waals surface area contributed by atoms with E-state index in [-0.39, 0.29) is 24.4 Å². The molecule has 0 aliphatic heterocycles. The van der Waals surface area contributed by atoms with Crippen LogP contribution in [0.2, 0.25) is 0 Å². The lowest BCUT2D eigenvalue weighted by Crippen LogP contribution is -2.37. The molecule has 1 atom stereocenters. The molecule has 1 amide bonds. The maximum Gasteiger partial charge on any atom is 0.220 e. The minimum atomic E-state index is 0. The maximum atomic E-state index is 11.5. The average molecular weight is 257 g/mol. The van der Waals surface area contributed by atoms with E-state index >= 15 is 0 Å². The van der Waals surface area contributed by atoms with Crippen molar-refractivity contribution in [1.29, 1.82) is 0 Å². The number of hydrogen-bond donors (Lipinski definition) is 2. The number of carbonyl (C=O) groups excluding carboxylic acids is 1. The fourth-order valence-electron chi connectivity index (χ4n) is 1.42. The molecule has 1 aromatic carbocycles. The Morgan fingerprint density at radius 1 is 1.35 bits per heavy atom. The van der Waals surface area contributed by atoms with Crippen LogP contribution in [0.5, 0.6) is 0 Å². The summed E-state index contributed by atoms with van der Waals surface area (Å²) in [6, 6.07) is 8.32. The predicted octanol–water partition coefficient (Wildman–Crippen LogP) is 1.81. The van der Waals surface area contributed by atoms with Gasteiger partial charge >= 0.3 is 0 Å². The number of nitrogens with two attached hydrogens (primary N) is 1. The third kappa shape index (κ3) is 6.29. The number of aryl methyl sites for hydroxylation is 2. The highest BCUT2D eigenvalue weighted by atomic mass is 35.5. The lowest BCUT2D eigenvalue weighted by atomic mass is 10.1. The first-order valence-corrected chi connectivity index (χ1v) is 5.67. The van der Waals surface area contributed by atoms with Crippen LogP contribution in [0.25, 0.3) is 0 Å². The van der Waals surface area contributed by atoms with Crippen LogP contribution in [0, 0.1) is 6.92 Å². The van der Waals surface area contributed by atoms with E-state index in [2.05, 4.69) is 36.5 Å². The Kier molecular flexibility index (Phi) is 7.59. The molecule has 0 fully saturated rings. The van der Waals surface area contributed by atoms with Crippen LogP contribution >= 0.6 is 12.4 Å². The van der Waals surface area contributed by atoms with Crippen LogP contribution in [0.15, 0.2) is 24.3 Å². The third-order valence-corrected chi connectivity index (χ3v) is 2.52. The Labute approximate surface area is 109 Å². The summed E-state index contributed by atoms with van der Waals surface area (Å²) in [5.74, 6) is 0.0681. The van der Waals surface area contributed by atoms with E-state index in [4.69, 9.17) is 5.73 Å². The highest BCUT2D eigenvalue weighted by Crippen LogP contribution is 2.05. The summed E-state index contributed by atoms with van der Waals surface area (Å²) in [5, 5.41) is 2.85. The Morgan fingerprint density at radius 3 is 2.47 bits per heavy atom. The van der Waals surface area contributed by atoms with Gasteiger partial charge in [-0.05, 0) is 25.8 Å². The Morgan fingerprint density at radius 2 is 1.94 bits per heavy atom. The molecular weight excluding hydrogens is 236 g/mol. The zero-order valence-electron chi connectivity index (χ0n) is 10.4. The van der Waals surface area contributed by atoms with Crippen LogP contribution in [0.1, 0.15) is 24.5 Å². The highest BCUT2D eigenvalue weighted by Gasteiger charge is 2.05. The topological polar surface area (TPSA) is 55.1 Å². The molecule has 0 aromatic heterocycles. The van der Waals surface area contributed by atoms with Crippen LogP contribution < -0.4 is 11.1 Å². The van der Waals surface area contributed by atoms with Gasteiger partial charge in [0.05, 0.1) is 0 Å². The van der Waals surface area contributed by atoms with Gasteiger partial charge in [-0.15, -0.1) is 12.4 Å². The van der Waals surface area contributed by atoms with Gasteiger partial charge in [-0.2, -0.15) is 0 Å². The second-order valence-corrected chi connectivity index (χ2v) is 4.19. The normalized spacial score (nSPS) is 11.5. The molecule has 4 heteroatoms. The summed E-state index contributed by atoms with van der Waals surface area (Å²) in [4.78, 5) is 11.5. The fourth-order valence-corrected chi connectivity index (χ4v) is 1.42. The number of amides is 1. The van der Waals surface area contributed by atoms with Gasteiger partial charge in [0.25, 0.3) is 0 Å². The minimum Gasteiger partial charge on any atom is -0.352 e. The molecule has 0 heterocycles. The van der Waals surface area contributed by atoms with Gasteiger partial charge in [0.1, 0.15) is 0 Å². The van der Waals surface area contributed by atoms with Crippen LogP contribution in [-0.2, 0) is 11.2 Å². The molecule has 1 rings (SSSR count). The van der Waals surface area contributed by atoms with E-state index in [0.717, 1.165) is 6.42 Å². The quantitative estimate of drug-likeness (QED) is 0.844. The largest absolute Gasteiger partial charge is 0.352 e. The first kappa shape index (κ1) is 15.9. The van der Waals surface area contributed by atoms with Crippen molar-refractivity contribution in [3.8, 4) is 0 Å². The Hall–Kier alpha value is -1.06. The summed E-state index contributed by atoms with van der Waals surface area (Å²) in [7, 11) is 0. The molecular formula is C13H21ClN2O. The second-order valence-electron chi connectivity index (χ2n) is 4.19. The maximum absolute atomic E-state index is 11.5. The smallest absolute Gasteiger partial charge is 0.220 e. The zero-order chi connectivity index (χ0) is 12.0. The SMILES string of the molecule is Cc1ccc(CCC(=O)N[C@@H](C)CN)cc1.Cl. The molecule has 3 N–H and O–H groups in total. The monoisotopic (exact) mass is 256 g/mol. The third-order valence-electron chi connectivity index (χ3n) is 2.52. The van der Waals surface area contributed by atoms with Gasteiger partial charge in [-0.3, -0.25) is 4.79 Å². The summed E-state index contributed by atoms with van der Waals surface area (Å²) in [5.41, 5.74) is 7.87. The molecule has 0 aliphatic carbocycles. The minimum absolute atomic E-state index is 0. The fraction of sp³-hybridized carbons (Fsp3) is 0.462. The van der Waals surface area contributed by atoms with E-state index in [1.54, 1.807) is 0 Å². The Balaban J connectivity index is 0.00000256. The molecule has 0 bridgehead atoms. The number of carbonyl (C=O) groups is 1. The van der Waals surface area contributed by atoms with E-state index in [0.29, 0.717) is 13.0 Å². The van der Waals surface area contributed by atoms with Crippen molar-refractivity contribution in [3.63, 3.8) is 0 Å². The molecule has 96 valence electrons. The first-order chi connectivity index (χ1) is 7.61. The summed E-state index contributed by atoms with van der Waals surface area (Å²) >= 11 is 0. The van der Waals surface area contributed by atoms with Crippen molar-refractivity contribution < 1.29 is 4.79 Å². The van der Waals surface area contributed by atoms with E-state index < -0.39 is 0 Å². The summed E-state index contributed by atoms with van der Waals surface area (Å²) < 4.78 is 0. The lowest BCUT2D eigenvalue weighted by molar-refractivity contribution is -0.121. The predicted molar refractivity (Wildman–Crippen MR) is 73.4 cm³/mol. The van der Waals surface area contributed by atoms with Gasteiger partial charge in [0, 0.05) is 19.0 Å². The van der Waals surface area contributed by atoms with Crippen molar-refractivity contribution in [2.24, 2.45) is 5.73 Å². The van der Waals surface area contributed by atoms with Gasteiger partial charge in [0.2, 0.25) is 5.91 Å². The molecule has 0 radical (unpaired) electrons. The standard InChI is InChI=1S/C13H20N2O.ClH/c1-10-3-5-12(6-4-10)7-8-13(16)15-11(2)9-14;/h3-6,11H,7-9,14H2,1-2H3,(H,15,16);1H/t11-;/m0./s1. The van der Waals surface area contributed by atoms with Crippen LogP contribution in [-0.4, -0.2) is 18.5 Å². The first-order valence-electron chi connectivity index (χ1n) is 5.67. The number of nitrogens with one attached hydrogen (secondary N) is 1. The number of rotatable bonds is 5. The molecule has 1 aromatic rings. The summed E-state index contributed by atoms with van der Waals surface area (Å²) in [6.07, 6.45) is 1.30. The van der Waals surface area contributed by atoms with E-state index in [9.17, 15) is 4.79 Å². The van der Waals surface area contributed by atoms with Gasteiger partial charge in [-0.1, -0.05) is 29.8 Å². The van der Waals surface area contributed by atoms with Crippen molar-refractivity contribution >= 4 is 18.3 Å². The van der Waals surface area contributed by atoms with Crippen molar-refractivity contribution in [2.75, 3.05) is 6.54 Å². The second kappa shape index (κ2) is 8.09. The van der Waals surface area contributed by atoms with Crippen LogP contribution in [0.3, 0.4) is 0 Å². The molecule has 17 heavy (non-hydrogen) atoms. The Bertz CT molecular complexity index is 338. The molecule has 0 saturated heterocycles. The van der Waals surface area contributed by atoms with Crippen molar-refractivity contribution in [2.45, 2.75) is 32.7 Å². The average Bonchev–Trinajstić information content (AvgIpc) is 2.28. The molecule has 0 saturated carbocycles. The highest BCUT2D eigenvalue weighted by molar-refractivity contribution is 5.85. The van der Waals surface area contributed by atoms with Crippen molar-refractivity contribution in [3.05, 3.63) is 35.4 Å².